The standard InChI is InChI=1S/C22H22N6O5/c1-27-19-18(20(31)25-22(27)32)28(12-15(29)13-33-16-8-3-2-4-9-16)21(24-19)26-23-11-14-7-5-6-10-17(14)30/h2-11,15,29-30H,12-13H2,1H3,(H,24,26)(H,25,31,32)/b23-11-/t15-/m0/s1. The Bertz CT molecular complexity index is 1410. The Morgan fingerprint density at radius 1 is 1.18 bits per heavy atom. The van der Waals surface area contributed by atoms with Crippen molar-refractivity contribution in [1.82, 2.24) is 19.1 Å². The Morgan fingerprint density at radius 2 is 1.91 bits per heavy atom. The zero-order chi connectivity index (χ0) is 23.4. The van der Waals surface area contributed by atoms with Crippen molar-refractivity contribution in [2.75, 3.05) is 12.0 Å². The number of hydrogen-bond donors (Lipinski definition) is 4. The van der Waals surface area contributed by atoms with E-state index in [1.54, 1.807) is 30.3 Å². The SMILES string of the molecule is Cn1c(=O)[nH]c(=O)c2c1nc(N/N=C\c1ccccc1O)n2C[C@H](O)COc1ccccc1. The maximum Gasteiger partial charge on any atom is 0.329 e. The third-order valence-corrected chi connectivity index (χ3v) is 4.89. The first-order valence-corrected chi connectivity index (χ1v) is 10.1. The molecule has 0 amide bonds. The second-order valence-electron chi connectivity index (χ2n) is 7.24. The Hall–Kier alpha value is -4.38. The van der Waals surface area contributed by atoms with Gasteiger partial charge in [0.2, 0.25) is 5.95 Å². The number of aromatic nitrogens is 4. The fourth-order valence-electron chi connectivity index (χ4n) is 3.23. The van der Waals surface area contributed by atoms with Crippen molar-refractivity contribution in [1.29, 1.82) is 0 Å². The Kier molecular flexibility index (Phi) is 6.22. The number of nitrogens with zero attached hydrogens (tertiary/aromatic N) is 4. The highest BCUT2D eigenvalue weighted by molar-refractivity contribution is 5.83. The van der Waals surface area contributed by atoms with Gasteiger partial charge < -0.3 is 19.5 Å². The molecule has 33 heavy (non-hydrogen) atoms. The number of nitrogens with one attached hydrogen (secondary N) is 2. The van der Waals surface area contributed by atoms with Gasteiger partial charge in [-0.05, 0) is 24.3 Å². The summed E-state index contributed by atoms with van der Waals surface area (Å²) in [4.78, 5) is 31.1. The van der Waals surface area contributed by atoms with Gasteiger partial charge in [0.1, 0.15) is 24.2 Å². The second-order valence-corrected chi connectivity index (χ2v) is 7.24. The van der Waals surface area contributed by atoms with E-state index in [4.69, 9.17) is 4.74 Å². The van der Waals surface area contributed by atoms with Crippen LogP contribution in [0.4, 0.5) is 5.95 Å². The third-order valence-electron chi connectivity index (χ3n) is 4.89. The molecule has 11 nitrogen and oxygen atoms in total. The summed E-state index contributed by atoms with van der Waals surface area (Å²) in [5, 5.41) is 24.5. The number of hydrazone groups is 1. The highest BCUT2D eigenvalue weighted by Gasteiger charge is 2.20. The van der Waals surface area contributed by atoms with E-state index in [-0.39, 0.29) is 36.0 Å². The molecule has 0 bridgehead atoms. The molecular weight excluding hydrogens is 428 g/mol. The summed E-state index contributed by atoms with van der Waals surface area (Å²) in [6, 6.07) is 15.6. The molecule has 2 heterocycles. The van der Waals surface area contributed by atoms with Gasteiger partial charge in [-0.2, -0.15) is 10.1 Å². The van der Waals surface area contributed by atoms with Crippen LogP contribution in [0.25, 0.3) is 11.2 Å². The molecule has 2 aromatic carbocycles. The quantitative estimate of drug-likeness (QED) is 0.231. The van der Waals surface area contributed by atoms with Gasteiger partial charge in [0.05, 0.1) is 12.8 Å². The normalized spacial score (nSPS) is 12.3. The number of aliphatic hydroxyl groups excluding tert-OH is 1. The topological polar surface area (TPSA) is 147 Å². The Morgan fingerprint density at radius 3 is 2.67 bits per heavy atom. The number of benzene rings is 2. The maximum atomic E-state index is 12.5. The molecule has 4 rings (SSSR count). The summed E-state index contributed by atoms with van der Waals surface area (Å²) in [5.74, 6) is 0.768. The molecule has 0 spiro atoms. The van der Waals surface area contributed by atoms with Crippen molar-refractivity contribution < 1.29 is 14.9 Å². The number of H-pyrrole nitrogens is 1. The molecule has 0 aliphatic rings. The van der Waals surface area contributed by atoms with E-state index in [0.717, 1.165) is 0 Å². The van der Waals surface area contributed by atoms with E-state index >= 15 is 0 Å². The van der Waals surface area contributed by atoms with Crippen LogP contribution in [-0.2, 0) is 13.6 Å². The molecule has 4 aromatic rings. The summed E-state index contributed by atoms with van der Waals surface area (Å²) in [6.45, 7) is -0.0903. The molecule has 2 aromatic heterocycles. The number of aryl methyl sites for hydroxylation is 1. The zero-order valence-electron chi connectivity index (χ0n) is 17.7. The van der Waals surface area contributed by atoms with Crippen molar-refractivity contribution in [3.63, 3.8) is 0 Å². The summed E-state index contributed by atoms with van der Waals surface area (Å²) in [6.07, 6.45) is 0.388. The number of imidazole rings is 1. The lowest BCUT2D eigenvalue weighted by molar-refractivity contribution is 0.0938. The lowest BCUT2D eigenvalue weighted by Gasteiger charge is -2.15. The minimum atomic E-state index is -0.998. The van der Waals surface area contributed by atoms with Gasteiger partial charge in [-0.15, -0.1) is 0 Å². The zero-order valence-corrected chi connectivity index (χ0v) is 17.7. The lowest BCUT2D eigenvalue weighted by atomic mass is 10.2. The van der Waals surface area contributed by atoms with Gasteiger partial charge >= 0.3 is 5.69 Å². The van der Waals surface area contributed by atoms with Crippen molar-refractivity contribution in [3.05, 3.63) is 81.0 Å². The van der Waals surface area contributed by atoms with Crippen LogP contribution in [0.2, 0.25) is 0 Å². The van der Waals surface area contributed by atoms with Gasteiger partial charge in [0, 0.05) is 12.6 Å². The number of ether oxygens (including phenoxy) is 1. The first-order valence-electron chi connectivity index (χ1n) is 10.1. The fourth-order valence-corrected chi connectivity index (χ4v) is 3.23. The predicted molar refractivity (Wildman–Crippen MR) is 123 cm³/mol. The number of aromatic hydroxyl groups is 1. The van der Waals surface area contributed by atoms with Crippen molar-refractivity contribution in [3.8, 4) is 11.5 Å². The predicted octanol–water partition coefficient (Wildman–Crippen LogP) is 1.01. The second kappa shape index (κ2) is 9.40. The smallest absolute Gasteiger partial charge is 0.329 e. The highest BCUT2D eigenvalue weighted by atomic mass is 16.5. The first-order chi connectivity index (χ1) is 15.9. The number of fused-ring (bicyclic) bond motifs is 1. The van der Waals surface area contributed by atoms with Crippen LogP contribution in [-0.4, -0.2) is 48.2 Å². The largest absolute Gasteiger partial charge is 0.507 e. The molecule has 0 aliphatic carbocycles. The van der Waals surface area contributed by atoms with Crippen LogP contribution in [0.15, 0.2) is 69.3 Å². The number of aliphatic hydroxyl groups is 1. The molecule has 170 valence electrons. The van der Waals surface area contributed by atoms with Crippen LogP contribution in [0.5, 0.6) is 11.5 Å². The van der Waals surface area contributed by atoms with E-state index in [1.807, 2.05) is 18.2 Å². The monoisotopic (exact) mass is 450 g/mol. The number of para-hydroxylation sites is 2. The molecule has 0 radical (unpaired) electrons. The number of phenolic OH excluding ortho intramolecular Hbond substituents is 1. The van der Waals surface area contributed by atoms with Gasteiger partial charge in [-0.1, -0.05) is 30.3 Å². The number of phenols is 1. The summed E-state index contributed by atoms with van der Waals surface area (Å²) in [5.41, 5.74) is 2.15. The Labute approximate surface area is 187 Å². The number of hydrogen-bond acceptors (Lipinski definition) is 8. The molecular formula is C22H22N6O5. The van der Waals surface area contributed by atoms with Gasteiger partial charge in [-0.3, -0.25) is 14.3 Å². The number of anilines is 1. The first kappa shape index (κ1) is 21.8. The van der Waals surface area contributed by atoms with E-state index < -0.39 is 17.4 Å². The average molecular weight is 450 g/mol. The minimum absolute atomic E-state index is 0.0338. The van der Waals surface area contributed by atoms with Crippen LogP contribution >= 0.6 is 0 Å². The van der Waals surface area contributed by atoms with Crippen molar-refractivity contribution >= 4 is 23.3 Å². The van der Waals surface area contributed by atoms with Crippen LogP contribution in [0.1, 0.15) is 5.56 Å². The minimum Gasteiger partial charge on any atom is -0.507 e. The molecule has 0 saturated heterocycles. The Balaban J connectivity index is 1.64. The van der Waals surface area contributed by atoms with E-state index in [0.29, 0.717) is 11.3 Å². The molecule has 1 atom stereocenters. The number of rotatable bonds is 8. The summed E-state index contributed by atoms with van der Waals surface area (Å²) < 4.78 is 8.21. The van der Waals surface area contributed by atoms with Gasteiger partial charge in [-0.25, -0.2) is 10.2 Å². The fraction of sp³-hybridized carbons (Fsp3) is 0.182. The van der Waals surface area contributed by atoms with Crippen LogP contribution in [0.3, 0.4) is 0 Å². The lowest BCUT2D eigenvalue weighted by Crippen LogP contribution is -2.30. The van der Waals surface area contributed by atoms with E-state index in [2.05, 4.69) is 20.5 Å². The molecule has 4 N–H and O–H groups in total. The number of aromatic amines is 1. The van der Waals surface area contributed by atoms with E-state index in [1.165, 1.54) is 28.5 Å². The molecule has 0 unspecified atom stereocenters. The van der Waals surface area contributed by atoms with Crippen LogP contribution < -0.4 is 21.4 Å². The molecule has 0 aliphatic heterocycles. The molecule has 11 heteroatoms. The highest BCUT2D eigenvalue weighted by Crippen LogP contribution is 2.18. The van der Waals surface area contributed by atoms with Gasteiger partial charge in [0.25, 0.3) is 5.56 Å². The van der Waals surface area contributed by atoms with Gasteiger partial charge in [0.15, 0.2) is 11.2 Å². The summed E-state index contributed by atoms with van der Waals surface area (Å²) in [7, 11) is 1.47. The molecule has 0 saturated carbocycles. The van der Waals surface area contributed by atoms with Crippen LogP contribution in [0, 0.1) is 0 Å². The average Bonchev–Trinajstić information content (AvgIpc) is 3.17. The van der Waals surface area contributed by atoms with Crippen molar-refractivity contribution in [2.45, 2.75) is 12.6 Å². The summed E-state index contributed by atoms with van der Waals surface area (Å²) >= 11 is 0. The maximum absolute atomic E-state index is 12.5. The molecule has 0 fully saturated rings. The van der Waals surface area contributed by atoms with E-state index in [9.17, 15) is 19.8 Å². The third kappa shape index (κ3) is 4.77. The van der Waals surface area contributed by atoms with Crippen molar-refractivity contribution in [2.24, 2.45) is 12.1 Å².